The lowest BCUT2D eigenvalue weighted by Crippen LogP contribution is -2.44. The second-order valence-electron chi connectivity index (χ2n) is 7.01. The molecule has 2 heterocycles. The van der Waals surface area contributed by atoms with Gasteiger partial charge < -0.3 is 19.9 Å². The van der Waals surface area contributed by atoms with Gasteiger partial charge in [-0.2, -0.15) is 0 Å². The Bertz CT molecular complexity index is 507. The van der Waals surface area contributed by atoms with Crippen molar-refractivity contribution in [1.29, 1.82) is 0 Å². The van der Waals surface area contributed by atoms with Crippen LogP contribution in [-0.2, 0) is 19.5 Å². The molecule has 2 rings (SSSR count). The van der Waals surface area contributed by atoms with Gasteiger partial charge in [0.05, 0.1) is 6.54 Å². The highest BCUT2D eigenvalue weighted by Crippen LogP contribution is 2.16. The van der Waals surface area contributed by atoms with Gasteiger partial charge in [-0.1, -0.05) is 20.8 Å². The highest BCUT2D eigenvalue weighted by Gasteiger charge is 2.22. The molecule has 0 unspecified atom stereocenters. The van der Waals surface area contributed by atoms with Crippen molar-refractivity contribution in [3.8, 4) is 0 Å². The van der Waals surface area contributed by atoms with E-state index in [9.17, 15) is 4.79 Å². The van der Waals surface area contributed by atoms with Crippen molar-refractivity contribution in [2.45, 2.75) is 53.1 Å². The van der Waals surface area contributed by atoms with Crippen LogP contribution in [-0.4, -0.2) is 50.5 Å². The molecule has 2 N–H and O–H groups in total. The van der Waals surface area contributed by atoms with Crippen LogP contribution in [0.1, 0.15) is 45.3 Å². The molecular formula is C15H27N5O2. The number of nitrogens with one attached hydrogen (secondary N) is 1. The van der Waals surface area contributed by atoms with Gasteiger partial charge in [-0.3, -0.25) is 0 Å². The second kappa shape index (κ2) is 7.09. The molecule has 0 fully saturated rings. The zero-order chi connectivity index (χ0) is 16.2. The van der Waals surface area contributed by atoms with E-state index < -0.39 is 0 Å². The van der Waals surface area contributed by atoms with E-state index in [0.717, 1.165) is 31.0 Å². The number of aliphatic hydroxyl groups excluding tert-OH is 1. The third-order valence-corrected chi connectivity index (χ3v) is 3.62. The Morgan fingerprint density at radius 1 is 1.41 bits per heavy atom. The van der Waals surface area contributed by atoms with E-state index in [1.807, 2.05) is 0 Å². The zero-order valence-electron chi connectivity index (χ0n) is 13.8. The third kappa shape index (κ3) is 4.43. The molecule has 0 bridgehead atoms. The maximum Gasteiger partial charge on any atom is 0.317 e. The SMILES string of the molecule is CC(C)(C)CN(CCCO)C(=O)NCc1nnc2n1CCC2. The largest absolute Gasteiger partial charge is 0.396 e. The number of hydrogen-bond donors (Lipinski definition) is 2. The van der Waals surface area contributed by atoms with Gasteiger partial charge in [0.1, 0.15) is 5.82 Å². The van der Waals surface area contributed by atoms with Crippen LogP contribution < -0.4 is 5.32 Å². The third-order valence-electron chi connectivity index (χ3n) is 3.62. The predicted molar refractivity (Wildman–Crippen MR) is 83.3 cm³/mol. The first kappa shape index (κ1) is 16.7. The number of carbonyl (C=O) groups is 1. The lowest BCUT2D eigenvalue weighted by atomic mass is 9.96. The molecule has 124 valence electrons. The smallest absolute Gasteiger partial charge is 0.317 e. The Morgan fingerprint density at radius 2 is 2.18 bits per heavy atom. The number of aromatic nitrogens is 3. The van der Waals surface area contributed by atoms with Crippen molar-refractivity contribution in [3.05, 3.63) is 11.6 Å². The minimum atomic E-state index is -0.112. The molecule has 0 aromatic carbocycles. The summed E-state index contributed by atoms with van der Waals surface area (Å²) in [4.78, 5) is 14.2. The summed E-state index contributed by atoms with van der Waals surface area (Å²) < 4.78 is 2.09. The van der Waals surface area contributed by atoms with E-state index in [1.165, 1.54) is 0 Å². The van der Waals surface area contributed by atoms with Crippen LogP contribution in [0.15, 0.2) is 0 Å². The monoisotopic (exact) mass is 309 g/mol. The van der Waals surface area contributed by atoms with Crippen LogP contribution in [0.3, 0.4) is 0 Å². The Kier molecular flexibility index (Phi) is 5.39. The number of aliphatic hydroxyl groups is 1. The van der Waals surface area contributed by atoms with Crippen molar-refractivity contribution in [2.75, 3.05) is 19.7 Å². The summed E-state index contributed by atoms with van der Waals surface area (Å²) in [7, 11) is 0. The van der Waals surface area contributed by atoms with Crippen molar-refractivity contribution in [1.82, 2.24) is 25.0 Å². The van der Waals surface area contributed by atoms with Crippen LogP contribution in [0, 0.1) is 5.41 Å². The van der Waals surface area contributed by atoms with Crippen molar-refractivity contribution in [3.63, 3.8) is 0 Å². The molecule has 0 spiro atoms. The number of aryl methyl sites for hydroxylation is 1. The van der Waals surface area contributed by atoms with E-state index >= 15 is 0 Å². The molecule has 0 radical (unpaired) electrons. The average molecular weight is 309 g/mol. The molecule has 22 heavy (non-hydrogen) atoms. The first-order valence-corrected chi connectivity index (χ1v) is 7.95. The number of fused-ring (bicyclic) bond motifs is 1. The fourth-order valence-electron chi connectivity index (χ4n) is 2.69. The first-order chi connectivity index (χ1) is 10.4. The van der Waals surface area contributed by atoms with Crippen molar-refractivity contribution >= 4 is 6.03 Å². The summed E-state index contributed by atoms with van der Waals surface area (Å²) in [6.07, 6.45) is 2.65. The second-order valence-corrected chi connectivity index (χ2v) is 7.01. The number of hydrogen-bond acceptors (Lipinski definition) is 4. The van der Waals surface area contributed by atoms with E-state index in [1.54, 1.807) is 4.90 Å². The first-order valence-electron chi connectivity index (χ1n) is 7.95. The number of urea groups is 1. The normalized spacial score (nSPS) is 14.0. The van der Waals surface area contributed by atoms with Crippen LogP contribution >= 0.6 is 0 Å². The average Bonchev–Trinajstić information content (AvgIpc) is 3.03. The van der Waals surface area contributed by atoms with Gasteiger partial charge >= 0.3 is 6.03 Å². The molecule has 2 amide bonds. The van der Waals surface area contributed by atoms with Gasteiger partial charge in [-0.15, -0.1) is 10.2 Å². The van der Waals surface area contributed by atoms with Crippen molar-refractivity contribution < 1.29 is 9.90 Å². The van der Waals surface area contributed by atoms with Crippen LogP contribution in [0.2, 0.25) is 0 Å². The molecule has 0 aliphatic carbocycles. The van der Waals surface area contributed by atoms with Gasteiger partial charge in [0.15, 0.2) is 5.82 Å². The molecule has 7 nitrogen and oxygen atoms in total. The highest BCUT2D eigenvalue weighted by atomic mass is 16.3. The van der Waals surface area contributed by atoms with Crippen molar-refractivity contribution in [2.24, 2.45) is 5.41 Å². The van der Waals surface area contributed by atoms with Gasteiger partial charge in [-0.05, 0) is 18.3 Å². The summed E-state index contributed by atoms with van der Waals surface area (Å²) in [6, 6.07) is -0.112. The van der Waals surface area contributed by atoms with E-state index in [4.69, 9.17) is 5.11 Å². The van der Waals surface area contributed by atoms with Gasteiger partial charge in [0, 0.05) is 32.7 Å². The zero-order valence-corrected chi connectivity index (χ0v) is 13.8. The Labute approximate surface area is 131 Å². The van der Waals surface area contributed by atoms with E-state index in [-0.39, 0.29) is 18.1 Å². The summed E-state index contributed by atoms with van der Waals surface area (Å²) in [5.41, 5.74) is 0.0168. The molecule has 1 aliphatic heterocycles. The molecule has 1 aromatic rings. The maximum absolute atomic E-state index is 12.4. The molecule has 0 atom stereocenters. The molecule has 7 heteroatoms. The lowest BCUT2D eigenvalue weighted by molar-refractivity contribution is 0.164. The summed E-state index contributed by atoms with van der Waals surface area (Å²) in [5.74, 6) is 1.83. The Hall–Kier alpha value is -1.63. The Balaban J connectivity index is 1.92. The Morgan fingerprint density at radius 3 is 2.86 bits per heavy atom. The number of nitrogens with zero attached hydrogens (tertiary/aromatic N) is 4. The maximum atomic E-state index is 12.4. The fraction of sp³-hybridized carbons (Fsp3) is 0.800. The van der Waals surface area contributed by atoms with E-state index in [0.29, 0.717) is 26.1 Å². The standard InChI is InChI=1S/C15H27N5O2/c1-15(2,3)11-19(7-5-9-21)14(22)16-10-13-18-17-12-6-4-8-20(12)13/h21H,4-11H2,1-3H3,(H,16,22). The highest BCUT2D eigenvalue weighted by molar-refractivity contribution is 5.74. The van der Waals surface area contributed by atoms with Gasteiger partial charge in [-0.25, -0.2) is 4.79 Å². The predicted octanol–water partition coefficient (Wildman–Crippen LogP) is 1.16. The van der Waals surface area contributed by atoms with Gasteiger partial charge in [0.25, 0.3) is 0 Å². The van der Waals surface area contributed by atoms with Crippen LogP contribution in [0.25, 0.3) is 0 Å². The van der Waals surface area contributed by atoms with Crippen LogP contribution in [0.5, 0.6) is 0 Å². The molecule has 0 saturated heterocycles. The fourth-order valence-corrected chi connectivity index (χ4v) is 2.69. The summed E-state index contributed by atoms with van der Waals surface area (Å²) in [5, 5.41) is 20.2. The minimum Gasteiger partial charge on any atom is -0.396 e. The summed E-state index contributed by atoms with van der Waals surface area (Å²) in [6.45, 7) is 8.90. The quantitative estimate of drug-likeness (QED) is 0.826. The molecule has 1 aliphatic rings. The lowest BCUT2D eigenvalue weighted by Gasteiger charge is -2.30. The summed E-state index contributed by atoms with van der Waals surface area (Å²) >= 11 is 0. The number of rotatable bonds is 6. The molecular weight excluding hydrogens is 282 g/mol. The number of carbonyl (C=O) groups excluding carboxylic acids is 1. The van der Waals surface area contributed by atoms with Gasteiger partial charge in [0.2, 0.25) is 0 Å². The molecule has 1 aromatic heterocycles. The minimum absolute atomic E-state index is 0.0168. The number of amides is 2. The van der Waals surface area contributed by atoms with Crippen LogP contribution in [0.4, 0.5) is 4.79 Å². The topological polar surface area (TPSA) is 83.3 Å². The van der Waals surface area contributed by atoms with E-state index in [2.05, 4.69) is 40.9 Å². The molecule has 0 saturated carbocycles.